The van der Waals surface area contributed by atoms with Gasteiger partial charge in [0.1, 0.15) is 6.04 Å². The Morgan fingerprint density at radius 3 is 2.79 bits per heavy atom. The summed E-state index contributed by atoms with van der Waals surface area (Å²) >= 11 is 0. The largest absolute Gasteiger partial charge is 0.381 e. The third kappa shape index (κ3) is 4.69. The van der Waals surface area contributed by atoms with Crippen LogP contribution in [0.1, 0.15) is 66.8 Å². The molecule has 2 aromatic rings. The minimum Gasteiger partial charge on any atom is -0.381 e. The van der Waals surface area contributed by atoms with Crippen LogP contribution in [0, 0.1) is 19.8 Å². The van der Waals surface area contributed by atoms with Gasteiger partial charge in [0.05, 0.1) is 12.3 Å². The summed E-state index contributed by atoms with van der Waals surface area (Å²) in [7, 11) is 1.94. The maximum Gasteiger partial charge on any atom is 0.249 e. The van der Waals surface area contributed by atoms with Crippen LogP contribution >= 0.6 is 0 Å². The number of rotatable bonds is 9. The van der Waals surface area contributed by atoms with Crippen molar-refractivity contribution in [1.29, 1.82) is 0 Å². The molecule has 1 unspecified atom stereocenters. The van der Waals surface area contributed by atoms with Crippen molar-refractivity contribution < 1.29 is 14.1 Å². The van der Waals surface area contributed by atoms with Crippen molar-refractivity contribution in [3.8, 4) is 0 Å². The molecule has 1 atom stereocenters. The monoisotopic (exact) mass is 401 g/mol. The van der Waals surface area contributed by atoms with Crippen LogP contribution in [0.4, 0.5) is 0 Å². The average molecular weight is 402 g/mol. The number of nitrogens with zero attached hydrogens (tertiary/aromatic N) is 5. The Morgan fingerprint density at radius 1 is 1.24 bits per heavy atom. The normalized spacial score (nSPS) is 19.3. The van der Waals surface area contributed by atoms with Gasteiger partial charge in [-0.2, -0.15) is 10.1 Å². The van der Waals surface area contributed by atoms with E-state index in [2.05, 4.69) is 15.2 Å². The van der Waals surface area contributed by atoms with E-state index in [0.717, 1.165) is 43.3 Å². The van der Waals surface area contributed by atoms with Crippen LogP contribution in [0.5, 0.6) is 0 Å². The molecule has 1 saturated carbocycles. The molecule has 1 aliphatic carbocycles. The number of hydrogen-bond acceptors (Lipinski definition) is 6. The first-order valence-electron chi connectivity index (χ1n) is 10.7. The summed E-state index contributed by atoms with van der Waals surface area (Å²) in [4.78, 5) is 19.4. The summed E-state index contributed by atoms with van der Waals surface area (Å²) in [5.41, 5.74) is 3.29. The lowest BCUT2D eigenvalue weighted by Crippen LogP contribution is -2.31. The van der Waals surface area contributed by atoms with Gasteiger partial charge < -0.3 is 14.2 Å². The van der Waals surface area contributed by atoms with Gasteiger partial charge in [-0.1, -0.05) is 5.16 Å². The molecule has 8 heteroatoms. The third-order valence-corrected chi connectivity index (χ3v) is 6.11. The predicted octanol–water partition coefficient (Wildman–Crippen LogP) is 2.69. The molecule has 158 valence electrons. The van der Waals surface area contributed by atoms with E-state index in [4.69, 9.17) is 9.26 Å². The van der Waals surface area contributed by atoms with Crippen LogP contribution in [0.3, 0.4) is 0 Å². The minimum absolute atomic E-state index is 0.104. The van der Waals surface area contributed by atoms with Crippen molar-refractivity contribution in [2.75, 3.05) is 19.8 Å². The Kier molecular flexibility index (Phi) is 5.99. The predicted molar refractivity (Wildman–Crippen MR) is 106 cm³/mol. The van der Waals surface area contributed by atoms with Gasteiger partial charge >= 0.3 is 0 Å². The van der Waals surface area contributed by atoms with E-state index in [1.807, 2.05) is 30.5 Å². The van der Waals surface area contributed by atoms with Gasteiger partial charge in [0.2, 0.25) is 11.8 Å². The molecule has 1 saturated heterocycles. The molecule has 0 spiro atoms. The number of hydrogen-bond donors (Lipinski definition) is 0. The van der Waals surface area contributed by atoms with Gasteiger partial charge in [0, 0.05) is 38.7 Å². The molecule has 2 aliphatic rings. The number of ether oxygens (including phenoxy) is 1. The summed E-state index contributed by atoms with van der Waals surface area (Å²) in [6, 6.07) is -0.104. The molecule has 29 heavy (non-hydrogen) atoms. The highest BCUT2D eigenvalue weighted by molar-refractivity contribution is 5.77. The Labute approximate surface area is 171 Å². The first kappa shape index (κ1) is 20.1. The van der Waals surface area contributed by atoms with Crippen molar-refractivity contribution in [2.45, 2.75) is 64.8 Å². The fraction of sp³-hybridized carbons (Fsp3) is 0.714. The Morgan fingerprint density at radius 2 is 2.07 bits per heavy atom. The number of amides is 1. The van der Waals surface area contributed by atoms with Gasteiger partial charge in [-0.3, -0.25) is 9.48 Å². The third-order valence-electron chi connectivity index (χ3n) is 6.11. The van der Waals surface area contributed by atoms with Gasteiger partial charge in [-0.15, -0.1) is 0 Å². The van der Waals surface area contributed by atoms with E-state index >= 15 is 0 Å². The second kappa shape index (κ2) is 8.65. The second-order valence-electron chi connectivity index (χ2n) is 8.34. The van der Waals surface area contributed by atoms with E-state index in [1.54, 1.807) is 0 Å². The second-order valence-corrected chi connectivity index (χ2v) is 8.34. The van der Waals surface area contributed by atoms with Crippen LogP contribution in [-0.4, -0.2) is 50.5 Å². The summed E-state index contributed by atoms with van der Waals surface area (Å²) in [5.74, 6) is 2.12. The number of carbonyl (C=O) groups excluding carboxylic acids is 1. The van der Waals surface area contributed by atoms with Crippen LogP contribution in [-0.2, 0) is 29.4 Å². The summed E-state index contributed by atoms with van der Waals surface area (Å²) in [5, 5.41) is 8.53. The molecule has 1 aliphatic heterocycles. The molecule has 3 heterocycles. The number of aryl methyl sites for hydroxylation is 2. The van der Waals surface area contributed by atoms with Crippen molar-refractivity contribution in [2.24, 2.45) is 13.0 Å². The Hall–Kier alpha value is -2.22. The van der Waals surface area contributed by atoms with Crippen LogP contribution in [0.2, 0.25) is 0 Å². The smallest absolute Gasteiger partial charge is 0.249 e. The van der Waals surface area contributed by atoms with E-state index in [1.165, 1.54) is 18.4 Å². The molecule has 2 aromatic heterocycles. The molecular formula is C21H31N5O3. The Bertz CT molecular complexity index is 855. The number of aromatic nitrogens is 4. The molecular weight excluding hydrogens is 370 g/mol. The first-order chi connectivity index (χ1) is 14.0. The zero-order valence-electron chi connectivity index (χ0n) is 17.7. The van der Waals surface area contributed by atoms with Crippen LogP contribution < -0.4 is 0 Å². The topological polar surface area (TPSA) is 86.3 Å². The SMILES string of the molecule is Cc1nn(C)c(C)c1CCC(=O)N1CCCC1c1nc(CCOCC2CC2)no1. The van der Waals surface area contributed by atoms with Crippen molar-refractivity contribution in [3.63, 3.8) is 0 Å². The highest BCUT2D eigenvalue weighted by Crippen LogP contribution is 2.32. The molecule has 0 bridgehead atoms. The molecule has 0 N–H and O–H groups in total. The molecule has 8 nitrogen and oxygen atoms in total. The lowest BCUT2D eigenvalue weighted by atomic mass is 10.1. The minimum atomic E-state index is -0.104. The molecule has 4 rings (SSSR count). The van der Waals surface area contributed by atoms with Crippen LogP contribution in [0.25, 0.3) is 0 Å². The van der Waals surface area contributed by atoms with Gasteiger partial charge in [-0.25, -0.2) is 0 Å². The lowest BCUT2D eigenvalue weighted by molar-refractivity contribution is -0.132. The first-order valence-corrected chi connectivity index (χ1v) is 10.7. The van der Waals surface area contributed by atoms with E-state index in [-0.39, 0.29) is 11.9 Å². The molecule has 1 amide bonds. The standard InChI is InChI=1S/C21H31N5O3/c1-14-17(15(2)25(3)23-14)8-9-20(27)26-11-4-5-18(26)21-22-19(24-29-21)10-12-28-13-16-6-7-16/h16,18H,4-13H2,1-3H3. The van der Waals surface area contributed by atoms with E-state index in [9.17, 15) is 4.79 Å². The fourth-order valence-corrected chi connectivity index (χ4v) is 4.08. The summed E-state index contributed by atoms with van der Waals surface area (Å²) in [6.07, 6.45) is 6.24. The highest BCUT2D eigenvalue weighted by Gasteiger charge is 2.34. The average Bonchev–Trinajstić information content (AvgIpc) is 3.11. The zero-order chi connectivity index (χ0) is 20.4. The van der Waals surface area contributed by atoms with Gasteiger partial charge in [-0.05, 0) is 57.4 Å². The maximum atomic E-state index is 12.9. The molecule has 0 radical (unpaired) electrons. The number of likely N-dealkylation sites (tertiary alicyclic amines) is 1. The van der Waals surface area contributed by atoms with Crippen LogP contribution in [0.15, 0.2) is 4.52 Å². The Balaban J connectivity index is 1.31. The molecule has 2 fully saturated rings. The van der Waals surface area contributed by atoms with Crippen molar-refractivity contribution >= 4 is 5.91 Å². The van der Waals surface area contributed by atoms with E-state index < -0.39 is 0 Å². The highest BCUT2D eigenvalue weighted by atomic mass is 16.5. The molecule has 0 aromatic carbocycles. The zero-order valence-corrected chi connectivity index (χ0v) is 17.7. The van der Waals surface area contributed by atoms with E-state index in [0.29, 0.717) is 37.6 Å². The lowest BCUT2D eigenvalue weighted by Gasteiger charge is -2.22. The van der Waals surface area contributed by atoms with Crippen molar-refractivity contribution in [1.82, 2.24) is 24.8 Å². The fourth-order valence-electron chi connectivity index (χ4n) is 4.08. The summed E-state index contributed by atoms with van der Waals surface area (Å²) < 4.78 is 13.0. The van der Waals surface area contributed by atoms with Gasteiger partial charge in [0.15, 0.2) is 5.82 Å². The number of carbonyl (C=O) groups is 1. The van der Waals surface area contributed by atoms with Crippen molar-refractivity contribution in [3.05, 3.63) is 28.7 Å². The van der Waals surface area contributed by atoms with Gasteiger partial charge in [0.25, 0.3) is 0 Å². The summed E-state index contributed by atoms with van der Waals surface area (Å²) in [6.45, 7) is 6.25. The quantitative estimate of drug-likeness (QED) is 0.601. The maximum absolute atomic E-state index is 12.9.